The highest BCUT2D eigenvalue weighted by molar-refractivity contribution is 7.20. The molecular weight excluding hydrogens is 371 g/mol. The molecule has 1 aromatic heterocycles. The third-order valence-electron chi connectivity index (χ3n) is 4.11. The van der Waals surface area contributed by atoms with Gasteiger partial charge in [0.25, 0.3) is 5.19 Å². The molecule has 27 heavy (non-hydrogen) atoms. The first-order valence-electron chi connectivity index (χ1n) is 8.22. The van der Waals surface area contributed by atoms with Gasteiger partial charge in [-0.05, 0) is 48.4 Å². The zero-order valence-corrected chi connectivity index (χ0v) is 15.1. The van der Waals surface area contributed by atoms with Crippen LogP contribution in [-0.2, 0) is 6.18 Å². The Kier molecular flexibility index (Phi) is 4.36. The SMILES string of the molecule is Cc1ccc(-c2cccc(C(F)(F)F)c2)c(Oc2nc3ccccc3s2)c1. The van der Waals surface area contributed by atoms with Gasteiger partial charge in [0, 0.05) is 5.56 Å². The predicted octanol–water partition coefficient (Wildman–Crippen LogP) is 7.08. The van der Waals surface area contributed by atoms with E-state index in [0.717, 1.165) is 27.9 Å². The molecule has 0 amide bonds. The van der Waals surface area contributed by atoms with Gasteiger partial charge in [0.1, 0.15) is 5.75 Å². The lowest BCUT2D eigenvalue weighted by Gasteiger charge is -2.13. The van der Waals surface area contributed by atoms with Crippen molar-refractivity contribution in [2.75, 3.05) is 0 Å². The molecule has 1 heterocycles. The highest BCUT2D eigenvalue weighted by Crippen LogP contribution is 2.39. The van der Waals surface area contributed by atoms with Crippen LogP contribution in [0.3, 0.4) is 0 Å². The van der Waals surface area contributed by atoms with Crippen molar-refractivity contribution in [2.45, 2.75) is 13.1 Å². The van der Waals surface area contributed by atoms with Crippen molar-refractivity contribution in [3.8, 4) is 22.1 Å². The Morgan fingerprint density at radius 2 is 1.74 bits per heavy atom. The zero-order chi connectivity index (χ0) is 19.0. The number of hydrogen-bond acceptors (Lipinski definition) is 3. The Morgan fingerprint density at radius 3 is 2.52 bits per heavy atom. The highest BCUT2D eigenvalue weighted by Gasteiger charge is 2.30. The molecule has 0 aliphatic heterocycles. The Morgan fingerprint density at radius 1 is 0.926 bits per heavy atom. The quantitative estimate of drug-likeness (QED) is 0.376. The molecule has 0 N–H and O–H groups in total. The molecule has 6 heteroatoms. The van der Waals surface area contributed by atoms with Gasteiger partial charge >= 0.3 is 6.18 Å². The molecule has 0 saturated heterocycles. The first-order chi connectivity index (χ1) is 12.9. The summed E-state index contributed by atoms with van der Waals surface area (Å²) in [6, 6.07) is 18.3. The number of hydrogen-bond donors (Lipinski definition) is 0. The van der Waals surface area contributed by atoms with E-state index in [9.17, 15) is 13.2 Å². The monoisotopic (exact) mass is 385 g/mol. The number of benzene rings is 3. The van der Waals surface area contributed by atoms with Gasteiger partial charge in [-0.15, -0.1) is 0 Å². The fourth-order valence-electron chi connectivity index (χ4n) is 2.80. The van der Waals surface area contributed by atoms with Gasteiger partial charge in [0.05, 0.1) is 15.8 Å². The molecular formula is C21H14F3NOS. The number of aryl methyl sites for hydroxylation is 1. The maximum Gasteiger partial charge on any atom is 0.416 e. The third kappa shape index (κ3) is 3.66. The first-order valence-corrected chi connectivity index (χ1v) is 9.03. The summed E-state index contributed by atoms with van der Waals surface area (Å²) in [6.45, 7) is 1.90. The van der Waals surface area contributed by atoms with Crippen molar-refractivity contribution in [1.82, 2.24) is 4.98 Å². The van der Waals surface area contributed by atoms with E-state index in [1.54, 1.807) is 12.1 Å². The largest absolute Gasteiger partial charge is 0.430 e. The van der Waals surface area contributed by atoms with Crippen LogP contribution in [0.15, 0.2) is 66.7 Å². The van der Waals surface area contributed by atoms with Crippen LogP contribution in [-0.4, -0.2) is 4.98 Å². The van der Waals surface area contributed by atoms with Crippen LogP contribution < -0.4 is 4.74 Å². The summed E-state index contributed by atoms with van der Waals surface area (Å²) in [4.78, 5) is 4.45. The summed E-state index contributed by atoms with van der Waals surface area (Å²) in [7, 11) is 0. The number of fused-ring (bicyclic) bond motifs is 1. The summed E-state index contributed by atoms with van der Waals surface area (Å²) in [5.74, 6) is 0.480. The van der Waals surface area contributed by atoms with Crippen LogP contribution in [0, 0.1) is 6.92 Å². The predicted molar refractivity (Wildman–Crippen MR) is 101 cm³/mol. The number of rotatable bonds is 3. The molecule has 0 bridgehead atoms. The van der Waals surface area contributed by atoms with Gasteiger partial charge < -0.3 is 4.74 Å². The molecule has 0 spiro atoms. The summed E-state index contributed by atoms with van der Waals surface area (Å²) in [5, 5.41) is 0.454. The molecule has 4 aromatic rings. The lowest BCUT2D eigenvalue weighted by molar-refractivity contribution is -0.137. The topological polar surface area (TPSA) is 22.1 Å². The normalized spacial score (nSPS) is 11.7. The van der Waals surface area contributed by atoms with Crippen LogP contribution >= 0.6 is 11.3 Å². The minimum atomic E-state index is -4.39. The van der Waals surface area contributed by atoms with Gasteiger partial charge in [-0.25, -0.2) is 4.98 Å². The molecule has 3 aromatic carbocycles. The van der Waals surface area contributed by atoms with E-state index < -0.39 is 11.7 Å². The van der Waals surface area contributed by atoms with E-state index in [-0.39, 0.29) is 0 Å². The van der Waals surface area contributed by atoms with Crippen molar-refractivity contribution in [3.63, 3.8) is 0 Å². The Labute approximate surface area is 157 Å². The summed E-state index contributed by atoms with van der Waals surface area (Å²) in [5.41, 5.74) is 2.12. The second-order valence-electron chi connectivity index (χ2n) is 6.13. The van der Waals surface area contributed by atoms with Gasteiger partial charge in [-0.1, -0.05) is 47.7 Å². The number of halogens is 3. The number of para-hydroxylation sites is 1. The van der Waals surface area contributed by atoms with Crippen molar-refractivity contribution in [2.24, 2.45) is 0 Å². The average molecular weight is 385 g/mol. The molecule has 0 radical (unpaired) electrons. The number of alkyl halides is 3. The van der Waals surface area contributed by atoms with Crippen LogP contribution in [0.5, 0.6) is 10.9 Å². The Balaban J connectivity index is 1.77. The standard InChI is InChI=1S/C21H14F3NOS/c1-13-9-10-16(14-5-4-6-15(12-14)21(22,23)24)18(11-13)26-20-25-17-7-2-3-8-19(17)27-20/h2-12H,1H3. The van der Waals surface area contributed by atoms with Crippen LogP contribution in [0.2, 0.25) is 0 Å². The highest BCUT2D eigenvalue weighted by atomic mass is 32.1. The fourth-order valence-corrected chi connectivity index (χ4v) is 3.63. The van der Waals surface area contributed by atoms with E-state index in [4.69, 9.17) is 4.74 Å². The van der Waals surface area contributed by atoms with E-state index in [0.29, 0.717) is 22.1 Å². The van der Waals surface area contributed by atoms with Gasteiger partial charge in [-0.2, -0.15) is 13.2 Å². The average Bonchev–Trinajstić information content (AvgIpc) is 3.03. The van der Waals surface area contributed by atoms with E-state index in [2.05, 4.69) is 4.98 Å². The second kappa shape index (κ2) is 6.70. The van der Waals surface area contributed by atoms with E-state index in [1.165, 1.54) is 17.4 Å². The number of nitrogens with zero attached hydrogens (tertiary/aromatic N) is 1. The van der Waals surface area contributed by atoms with Crippen LogP contribution in [0.1, 0.15) is 11.1 Å². The lowest BCUT2D eigenvalue weighted by atomic mass is 10.0. The van der Waals surface area contributed by atoms with Crippen molar-refractivity contribution in [1.29, 1.82) is 0 Å². The van der Waals surface area contributed by atoms with E-state index >= 15 is 0 Å². The Bertz CT molecular complexity index is 1080. The maximum atomic E-state index is 13.1. The van der Waals surface area contributed by atoms with Crippen LogP contribution in [0.25, 0.3) is 21.3 Å². The molecule has 0 unspecified atom stereocenters. The summed E-state index contributed by atoms with van der Waals surface area (Å²) >= 11 is 1.40. The third-order valence-corrected chi connectivity index (χ3v) is 5.02. The maximum absolute atomic E-state index is 13.1. The molecule has 0 atom stereocenters. The Hall–Kier alpha value is -2.86. The molecule has 136 valence electrons. The van der Waals surface area contributed by atoms with Gasteiger partial charge in [-0.3, -0.25) is 0 Å². The molecule has 0 aliphatic rings. The first kappa shape index (κ1) is 17.5. The van der Waals surface area contributed by atoms with Crippen LogP contribution in [0.4, 0.5) is 13.2 Å². The van der Waals surface area contributed by atoms with Gasteiger partial charge in [0.2, 0.25) is 0 Å². The molecule has 0 aliphatic carbocycles. The lowest BCUT2D eigenvalue weighted by Crippen LogP contribution is -2.04. The van der Waals surface area contributed by atoms with Crippen molar-refractivity contribution in [3.05, 3.63) is 77.9 Å². The number of thiazole rings is 1. The summed E-state index contributed by atoms with van der Waals surface area (Å²) < 4.78 is 46.2. The number of ether oxygens (including phenoxy) is 1. The van der Waals surface area contributed by atoms with Gasteiger partial charge in [0.15, 0.2) is 0 Å². The number of aromatic nitrogens is 1. The molecule has 2 nitrogen and oxygen atoms in total. The van der Waals surface area contributed by atoms with E-state index in [1.807, 2.05) is 43.3 Å². The second-order valence-corrected chi connectivity index (χ2v) is 7.12. The minimum Gasteiger partial charge on any atom is -0.430 e. The molecule has 4 rings (SSSR count). The smallest absolute Gasteiger partial charge is 0.416 e. The minimum absolute atomic E-state index is 0.445. The molecule has 0 saturated carbocycles. The summed E-state index contributed by atoms with van der Waals surface area (Å²) in [6.07, 6.45) is -4.39. The van der Waals surface area contributed by atoms with Crippen molar-refractivity contribution < 1.29 is 17.9 Å². The fraction of sp³-hybridized carbons (Fsp3) is 0.0952. The zero-order valence-electron chi connectivity index (χ0n) is 14.2. The molecule has 0 fully saturated rings. The van der Waals surface area contributed by atoms with Crippen molar-refractivity contribution >= 4 is 21.6 Å².